The van der Waals surface area contributed by atoms with Crippen molar-refractivity contribution < 1.29 is 19.2 Å². The zero-order valence-corrected chi connectivity index (χ0v) is 18.0. The van der Waals surface area contributed by atoms with Gasteiger partial charge in [0.05, 0.1) is 12.3 Å². The average Bonchev–Trinajstić information content (AvgIpc) is 3.03. The molecule has 2 heterocycles. The highest BCUT2D eigenvalue weighted by Gasteiger charge is 2.29. The van der Waals surface area contributed by atoms with Crippen LogP contribution in [-0.4, -0.2) is 89.2 Å². The minimum atomic E-state index is -0.728. The maximum Gasteiger partial charge on any atom is 0.313 e. The van der Waals surface area contributed by atoms with E-state index in [9.17, 15) is 19.2 Å². The third kappa shape index (κ3) is 6.04. The van der Waals surface area contributed by atoms with Gasteiger partial charge in [-0.1, -0.05) is 23.9 Å². The van der Waals surface area contributed by atoms with Crippen LogP contribution in [0.2, 0.25) is 0 Å². The van der Waals surface area contributed by atoms with Gasteiger partial charge in [-0.15, -0.1) is 0 Å². The highest BCUT2D eigenvalue weighted by atomic mass is 32.2. The Morgan fingerprint density at radius 2 is 1.73 bits per heavy atom. The molecule has 0 bridgehead atoms. The lowest BCUT2D eigenvalue weighted by Gasteiger charge is -2.33. The van der Waals surface area contributed by atoms with Gasteiger partial charge < -0.3 is 15.5 Å². The molecule has 1 aromatic rings. The molecule has 0 unspecified atom stereocenters. The molecule has 0 radical (unpaired) electrons. The lowest BCUT2D eigenvalue weighted by molar-refractivity contribution is -0.136. The second kappa shape index (κ2) is 10.1. The Balaban J connectivity index is 1.45. The van der Waals surface area contributed by atoms with Crippen molar-refractivity contribution in [2.75, 3.05) is 50.8 Å². The standard InChI is InChI=1S/C20H27N5O4S/c1-14(11-24-9-7-23(2)8-10-24)21-18(27)19(28)22-16-5-3-15(4-6-16)12-25-17(26)13-30-20(25)29/h3-6,14H,7-13H2,1-2H3,(H,21,27)(H,22,28)/t14-/m1/s1. The van der Waals surface area contributed by atoms with Crippen LogP contribution in [-0.2, 0) is 20.9 Å². The Kier molecular flexibility index (Phi) is 7.46. The molecule has 0 spiro atoms. The molecule has 10 heteroatoms. The van der Waals surface area contributed by atoms with Crippen LogP contribution in [0.3, 0.4) is 0 Å². The molecule has 0 saturated carbocycles. The molecule has 2 fully saturated rings. The summed E-state index contributed by atoms with van der Waals surface area (Å²) < 4.78 is 0. The summed E-state index contributed by atoms with van der Waals surface area (Å²) in [5, 5.41) is 5.06. The van der Waals surface area contributed by atoms with Gasteiger partial charge in [-0.25, -0.2) is 0 Å². The number of hydrogen-bond acceptors (Lipinski definition) is 7. The zero-order chi connectivity index (χ0) is 21.7. The van der Waals surface area contributed by atoms with Crippen molar-refractivity contribution in [3.63, 3.8) is 0 Å². The van der Waals surface area contributed by atoms with Gasteiger partial charge in [0.1, 0.15) is 0 Å². The van der Waals surface area contributed by atoms with E-state index in [1.165, 1.54) is 4.90 Å². The number of benzene rings is 1. The van der Waals surface area contributed by atoms with Crippen molar-refractivity contribution >= 4 is 40.4 Å². The maximum atomic E-state index is 12.2. The monoisotopic (exact) mass is 433 g/mol. The number of likely N-dealkylation sites (N-methyl/N-ethyl adjacent to an activating group) is 1. The fourth-order valence-electron chi connectivity index (χ4n) is 3.35. The van der Waals surface area contributed by atoms with E-state index in [4.69, 9.17) is 0 Å². The van der Waals surface area contributed by atoms with Gasteiger partial charge in [0.15, 0.2) is 0 Å². The molecular weight excluding hydrogens is 406 g/mol. The first kappa shape index (κ1) is 22.3. The summed E-state index contributed by atoms with van der Waals surface area (Å²) in [6.07, 6.45) is 0. The molecule has 9 nitrogen and oxygen atoms in total. The van der Waals surface area contributed by atoms with E-state index in [0.717, 1.165) is 43.5 Å². The molecule has 1 atom stereocenters. The molecule has 2 N–H and O–H groups in total. The van der Waals surface area contributed by atoms with Crippen molar-refractivity contribution in [3.05, 3.63) is 29.8 Å². The van der Waals surface area contributed by atoms with Crippen LogP contribution in [0.25, 0.3) is 0 Å². The van der Waals surface area contributed by atoms with Crippen molar-refractivity contribution in [1.29, 1.82) is 0 Å². The van der Waals surface area contributed by atoms with E-state index in [0.29, 0.717) is 12.2 Å². The number of carbonyl (C=O) groups is 4. The number of imide groups is 1. The van der Waals surface area contributed by atoms with Gasteiger partial charge >= 0.3 is 11.8 Å². The first-order chi connectivity index (χ1) is 14.3. The SMILES string of the molecule is C[C@H](CN1CCN(C)CC1)NC(=O)C(=O)Nc1ccc(CN2C(=O)CSC2=O)cc1. The second-order valence-electron chi connectivity index (χ2n) is 7.66. The summed E-state index contributed by atoms with van der Waals surface area (Å²) >= 11 is 0.994. The van der Waals surface area contributed by atoms with Crippen LogP contribution in [0, 0.1) is 0 Å². The predicted octanol–water partition coefficient (Wildman–Crippen LogP) is 0.573. The Morgan fingerprint density at radius 3 is 2.33 bits per heavy atom. The molecule has 3 rings (SSSR count). The summed E-state index contributed by atoms with van der Waals surface area (Å²) in [6.45, 7) is 6.67. The van der Waals surface area contributed by atoms with Crippen LogP contribution in [0.5, 0.6) is 0 Å². The number of thioether (sulfide) groups is 1. The van der Waals surface area contributed by atoms with E-state index < -0.39 is 11.8 Å². The number of rotatable bonds is 6. The van der Waals surface area contributed by atoms with Crippen molar-refractivity contribution in [1.82, 2.24) is 20.0 Å². The summed E-state index contributed by atoms with van der Waals surface area (Å²) in [7, 11) is 2.09. The van der Waals surface area contributed by atoms with Crippen LogP contribution in [0.15, 0.2) is 24.3 Å². The van der Waals surface area contributed by atoms with Crippen molar-refractivity contribution in [2.45, 2.75) is 19.5 Å². The van der Waals surface area contributed by atoms with Crippen molar-refractivity contribution in [2.24, 2.45) is 0 Å². The predicted molar refractivity (Wildman–Crippen MR) is 115 cm³/mol. The fourth-order valence-corrected chi connectivity index (χ4v) is 4.08. The molecule has 4 amide bonds. The molecule has 0 aliphatic carbocycles. The van der Waals surface area contributed by atoms with Crippen LogP contribution >= 0.6 is 11.8 Å². The van der Waals surface area contributed by atoms with Gasteiger partial charge in [-0.05, 0) is 31.7 Å². The lowest BCUT2D eigenvalue weighted by atomic mass is 10.2. The van der Waals surface area contributed by atoms with Gasteiger partial charge in [0.2, 0.25) is 5.91 Å². The largest absolute Gasteiger partial charge is 0.344 e. The molecule has 1 aromatic carbocycles. The Morgan fingerprint density at radius 1 is 1.07 bits per heavy atom. The first-order valence-electron chi connectivity index (χ1n) is 9.90. The molecule has 162 valence electrons. The van der Waals surface area contributed by atoms with E-state index in [2.05, 4.69) is 27.5 Å². The third-order valence-corrected chi connectivity index (χ3v) is 5.96. The van der Waals surface area contributed by atoms with E-state index in [1.807, 2.05) is 6.92 Å². The quantitative estimate of drug-likeness (QED) is 0.633. The Hall–Kier alpha value is -2.43. The molecule has 2 aliphatic rings. The number of anilines is 1. The Labute approximate surface area is 180 Å². The highest BCUT2D eigenvalue weighted by Crippen LogP contribution is 2.21. The lowest BCUT2D eigenvalue weighted by Crippen LogP contribution is -2.51. The molecule has 30 heavy (non-hydrogen) atoms. The minimum absolute atomic E-state index is 0.137. The number of hydrogen-bond donors (Lipinski definition) is 2. The number of amides is 4. The third-order valence-electron chi connectivity index (χ3n) is 5.10. The highest BCUT2D eigenvalue weighted by molar-refractivity contribution is 8.14. The topological polar surface area (TPSA) is 102 Å². The molecule has 0 aromatic heterocycles. The zero-order valence-electron chi connectivity index (χ0n) is 17.2. The number of carbonyl (C=O) groups excluding carboxylic acids is 4. The van der Waals surface area contributed by atoms with Gasteiger partial charge in [-0.3, -0.25) is 29.0 Å². The van der Waals surface area contributed by atoms with Crippen LogP contribution in [0.4, 0.5) is 10.5 Å². The molecule has 2 aliphatic heterocycles. The molecular formula is C20H27N5O4S. The van der Waals surface area contributed by atoms with Crippen LogP contribution in [0.1, 0.15) is 12.5 Å². The van der Waals surface area contributed by atoms with Gasteiger partial charge in [0.25, 0.3) is 5.24 Å². The van der Waals surface area contributed by atoms with E-state index in [1.54, 1.807) is 24.3 Å². The Bertz CT molecular complexity index is 792. The normalized spacial score (nSPS) is 19.1. The summed E-state index contributed by atoms with van der Waals surface area (Å²) in [5.74, 6) is -1.43. The average molecular weight is 434 g/mol. The number of nitrogens with zero attached hydrogens (tertiary/aromatic N) is 3. The van der Waals surface area contributed by atoms with Crippen molar-refractivity contribution in [3.8, 4) is 0 Å². The number of nitrogens with one attached hydrogen (secondary N) is 2. The van der Waals surface area contributed by atoms with E-state index >= 15 is 0 Å². The van der Waals surface area contributed by atoms with Gasteiger partial charge in [-0.2, -0.15) is 0 Å². The first-order valence-corrected chi connectivity index (χ1v) is 10.9. The summed E-state index contributed by atoms with van der Waals surface area (Å²) in [6, 6.07) is 6.58. The minimum Gasteiger partial charge on any atom is -0.344 e. The summed E-state index contributed by atoms with van der Waals surface area (Å²) in [5.41, 5.74) is 1.24. The van der Waals surface area contributed by atoms with Gasteiger partial charge in [0, 0.05) is 44.5 Å². The fraction of sp³-hybridized carbons (Fsp3) is 0.500. The van der Waals surface area contributed by atoms with E-state index in [-0.39, 0.29) is 29.5 Å². The second-order valence-corrected chi connectivity index (χ2v) is 8.59. The smallest absolute Gasteiger partial charge is 0.313 e. The summed E-state index contributed by atoms with van der Waals surface area (Å²) in [4.78, 5) is 53.5. The maximum absolute atomic E-state index is 12.2. The van der Waals surface area contributed by atoms with Crippen LogP contribution < -0.4 is 10.6 Å². The number of piperazine rings is 1. The molecule has 2 saturated heterocycles.